The van der Waals surface area contributed by atoms with Gasteiger partial charge in [0.2, 0.25) is 0 Å². The normalized spacial score (nSPS) is 53.0. The molecule has 2 saturated heterocycles. The zero-order valence-electron chi connectivity index (χ0n) is 15.9. The fourth-order valence-electron chi connectivity index (χ4n) is 7.74. The Labute approximate surface area is 177 Å². The molecule has 2 aliphatic heterocycles. The predicted molar refractivity (Wildman–Crippen MR) is 118 cm³/mol. The molecule has 9 atom stereocenters. The van der Waals surface area contributed by atoms with Gasteiger partial charge in [-0.3, -0.25) is 0 Å². The summed E-state index contributed by atoms with van der Waals surface area (Å²) in [6, 6.07) is 0. The summed E-state index contributed by atoms with van der Waals surface area (Å²) in [7, 11) is 0. The molecule has 4 saturated carbocycles. The molecule has 6 heteroatoms. The van der Waals surface area contributed by atoms with Gasteiger partial charge in [0, 0.05) is 0 Å². The Balaban J connectivity index is 1.31. The van der Waals surface area contributed by atoms with E-state index in [1.807, 2.05) is 0 Å². The third kappa shape index (κ3) is 1.96. The molecular weight excluding hydrogens is 554 g/mol. The van der Waals surface area contributed by atoms with Crippen molar-refractivity contribution in [1.82, 2.24) is 7.06 Å². The van der Waals surface area contributed by atoms with Crippen molar-refractivity contribution >= 4 is 48.9 Å². The molecule has 2 heterocycles. The van der Waals surface area contributed by atoms with Crippen LogP contribution in [-0.4, -0.2) is 18.7 Å². The minimum absolute atomic E-state index is 0.0300. The van der Waals surface area contributed by atoms with Crippen molar-refractivity contribution in [3.8, 4) is 0 Å². The number of rotatable bonds is 5. The first-order chi connectivity index (χ1) is 12.3. The summed E-state index contributed by atoms with van der Waals surface area (Å²) >= 11 is 1.20. The van der Waals surface area contributed by atoms with Crippen LogP contribution in [0.5, 0.6) is 0 Å². The Morgan fingerprint density at radius 2 is 1.92 bits per heavy atom. The molecule has 2 N–H and O–H groups in total. The van der Waals surface area contributed by atoms with E-state index in [1.54, 1.807) is 0 Å². The number of nitrogens with one attached hydrogen (secondary N) is 2. The fraction of sp³-hybridized carbons (Fsp3) is 0.950. The monoisotopic (exact) mass is 584 g/mol. The predicted octanol–water partition coefficient (Wildman–Crippen LogP) is 4.41. The Morgan fingerprint density at radius 1 is 1.27 bits per heavy atom. The molecule has 4 aliphatic carbocycles. The van der Waals surface area contributed by atoms with Crippen molar-refractivity contribution in [2.75, 3.05) is 0 Å². The van der Waals surface area contributed by atoms with Crippen LogP contribution >= 0.6 is 43.0 Å². The number of carbonyl (C=O) groups excluding carboxylic acids is 1. The first-order valence-electron chi connectivity index (χ1n) is 10.5. The molecule has 9 unspecified atom stereocenters. The fourth-order valence-corrected chi connectivity index (χ4v) is 15.5. The van der Waals surface area contributed by atoms with Crippen molar-refractivity contribution in [1.29, 1.82) is 0 Å². The van der Waals surface area contributed by atoms with E-state index < -0.39 is 23.8 Å². The van der Waals surface area contributed by atoms with E-state index in [0.717, 1.165) is 42.4 Å². The molecular formula is C20H30I2N2O2. The Hall–Kier alpha value is 0.850. The standard InChI is InChI=1S/C20H30I2N2O2/c1-4-10(2)19(26-17(25)18(3,21)20-22(23-20)24-20)9-13-8-14(19)16-12-6-5-11(7-12)15(13)16/h10-16,23-24H,4-9H2,1-3H3. The molecule has 0 spiro atoms. The van der Waals surface area contributed by atoms with Gasteiger partial charge in [0.1, 0.15) is 0 Å². The summed E-state index contributed by atoms with van der Waals surface area (Å²) in [6.07, 6.45) is 7.98. The first-order valence-corrected chi connectivity index (χ1v) is 14.8. The molecule has 0 radical (unpaired) electrons. The zero-order chi connectivity index (χ0) is 18.1. The molecule has 6 fully saturated rings. The number of hydrogen-bond acceptors (Lipinski definition) is 4. The van der Waals surface area contributed by atoms with E-state index in [2.05, 4.69) is 50.4 Å². The number of hydrogen-bond donors (Lipinski definition) is 2. The zero-order valence-corrected chi connectivity index (χ0v) is 20.2. The van der Waals surface area contributed by atoms with E-state index in [0.29, 0.717) is 11.8 Å². The SMILES string of the molecule is CCC(C)C1(OC(=O)C(C)(I)C23NI2N3)CC2CC1C1C3CCC(C3)C21. The van der Waals surface area contributed by atoms with Gasteiger partial charge in [-0.05, 0) is 0 Å². The van der Waals surface area contributed by atoms with Crippen LogP contribution in [0.25, 0.3) is 0 Å². The van der Waals surface area contributed by atoms with E-state index in [4.69, 9.17) is 4.74 Å². The van der Waals surface area contributed by atoms with Gasteiger partial charge in [-0.1, -0.05) is 0 Å². The van der Waals surface area contributed by atoms with Crippen molar-refractivity contribution in [3.63, 3.8) is 0 Å². The van der Waals surface area contributed by atoms with E-state index in [-0.39, 0.29) is 15.2 Å². The van der Waals surface area contributed by atoms with Crippen LogP contribution in [0.2, 0.25) is 0 Å². The van der Waals surface area contributed by atoms with Gasteiger partial charge in [-0.15, -0.1) is 0 Å². The Bertz CT molecular complexity index is 679. The molecule has 4 nitrogen and oxygen atoms in total. The molecule has 6 aliphatic rings. The maximum atomic E-state index is 13.4. The van der Waals surface area contributed by atoms with E-state index in [1.165, 1.54) is 25.7 Å². The quantitative estimate of drug-likeness (QED) is 0.0957. The molecule has 4 bridgehead atoms. The van der Waals surface area contributed by atoms with Crippen LogP contribution in [0.4, 0.5) is 0 Å². The Morgan fingerprint density at radius 3 is 2.54 bits per heavy atom. The molecule has 146 valence electrons. The van der Waals surface area contributed by atoms with Crippen molar-refractivity contribution < 1.29 is 9.53 Å². The second-order valence-corrected chi connectivity index (χ2v) is 16.6. The van der Waals surface area contributed by atoms with Crippen molar-refractivity contribution in [2.24, 2.45) is 41.4 Å². The van der Waals surface area contributed by atoms with Crippen LogP contribution in [0.3, 0.4) is 0 Å². The second-order valence-electron chi connectivity index (χ2n) is 10.1. The molecule has 0 amide bonds. The third-order valence-corrected chi connectivity index (χ3v) is 16.4. The van der Waals surface area contributed by atoms with Gasteiger partial charge in [-0.25, -0.2) is 0 Å². The van der Waals surface area contributed by atoms with Gasteiger partial charge >= 0.3 is 179 Å². The third-order valence-electron chi connectivity index (χ3n) is 9.24. The summed E-state index contributed by atoms with van der Waals surface area (Å²) in [6.45, 7) is 6.71. The average molecular weight is 584 g/mol. The van der Waals surface area contributed by atoms with Crippen LogP contribution in [0.1, 0.15) is 59.3 Å². The number of ether oxygens (including phenoxy) is 1. The number of esters is 1. The topological polar surface area (TPSA) is 70.2 Å². The van der Waals surface area contributed by atoms with Gasteiger partial charge in [0.25, 0.3) is 0 Å². The first kappa shape index (κ1) is 17.7. The summed E-state index contributed by atoms with van der Waals surface area (Å²) < 4.78 is 13.3. The number of alkyl halides is 2. The summed E-state index contributed by atoms with van der Waals surface area (Å²) in [5.74, 6) is 5.72. The van der Waals surface area contributed by atoms with Gasteiger partial charge in [0.05, 0.1) is 0 Å². The van der Waals surface area contributed by atoms with Crippen molar-refractivity contribution in [3.05, 3.63) is 0 Å². The summed E-state index contributed by atoms with van der Waals surface area (Å²) in [5, 5.41) is 0. The molecule has 6 rings (SSSR count). The number of carbonyl (C=O) groups is 1. The van der Waals surface area contributed by atoms with Crippen LogP contribution in [-0.2, 0) is 9.53 Å². The van der Waals surface area contributed by atoms with E-state index in [9.17, 15) is 4.79 Å². The van der Waals surface area contributed by atoms with Gasteiger partial charge in [-0.2, -0.15) is 0 Å². The van der Waals surface area contributed by atoms with Crippen LogP contribution < -0.4 is 7.06 Å². The van der Waals surface area contributed by atoms with Gasteiger partial charge < -0.3 is 0 Å². The molecule has 0 aromatic rings. The average Bonchev–Trinajstić information content (AvgIpc) is 3.17. The molecule has 0 aromatic heterocycles. The Kier molecular flexibility index (Phi) is 3.61. The minimum atomic E-state index is -1.16. The van der Waals surface area contributed by atoms with Gasteiger partial charge in [0.15, 0.2) is 0 Å². The number of halogens is 2. The van der Waals surface area contributed by atoms with Crippen LogP contribution in [0.15, 0.2) is 0 Å². The summed E-state index contributed by atoms with van der Waals surface area (Å²) in [5.41, 5.74) is -0.186. The van der Waals surface area contributed by atoms with Crippen LogP contribution in [0, 0.1) is 41.4 Å². The maximum absolute atomic E-state index is 13.4. The van der Waals surface area contributed by atoms with E-state index >= 15 is 0 Å². The summed E-state index contributed by atoms with van der Waals surface area (Å²) in [4.78, 5) is 13.4. The second kappa shape index (κ2) is 5.31. The molecule has 0 aromatic carbocycles. The number of fused-ring (bicyclic) bond motifs is 10. The molecule has 26 heavy (non-hydrogen) atoms. The van der Waals surface area contributed by atoms with Crippen molar-refractivity contribution in [2.45, 2.75) is 72.0 Å².